The van der Waals surface area contributed by atoms with Crippen LogP contribution in [0.15, 0.2) is 65.5 Å². The van der Waals surface area contributed by atoms with E-state index in [-0.39, 0.29) is 5.56 Å². The summed E-state index contributed by atoms with van der Waals surface area (Å²) in [6.07, 6.45) is 4.22. The smallest absolute Gasteiger partial charge is 0.304 e. The molecule has 2 unspecified atom stereocenters. The summed E-state index contributed by atoms with van der Waals surface area (Å²) in [5, 5.41) is 0. The van der Waals surface area contributed by atoms with Crippen molar-refractivity contribution in [3.05, 3.63) is 88.0 Å². The van der Waals surface area contributed by atoms with Gasteiger partial charge in [-0.05, 0) is 30.4 Å². The molecule has 0 bridgehead atoms. The van der Waals surface area contributed by atoms with E-state index >= 15 is 0 Å². The summed E-state index contributed by atoms with van der Waals surface area (Å²) in [6, 6.07) is 21.6. The zero-order valence-corrected chi connectivity index (χ0v) is 18.6. The van der Waals surface area contributed by atoms with Crippen molar-refractivity contribution >= 4 is 17.1 Å². The Labute approximate surface area is 187 Å². The van der Waals surface area contributed by atoms with Gasteiger partial charge >= 0.3 is 11.5 Å². The first kappa shape index (κ1) is 19.3. The van der Waals surface area contributed by atoms with Crippen LogP contribution in [0.25, 0.3) is 11.2 Å². The van der Waals surface area contributed by atoms with Crippen LogP contribution < -0.4 is 15.0 Å². The lowest BCUT2D eigenvalue weighted by Crippen LogP contribution is -2.43. The Hall–Kier alpha value is -3.41. The molecule has 0 radical (unpaired) electrons. The molecule has 32 heavy (non-hydrogen) atoms. The highest BCUT2D eigenvalue weighted by atomic mass is 16.1. The lowest BCUT2D eigenvalue weighted by Gasteiger charge is -2.14. The van der Waals surface area contributed by atoms with Crippen LogP contribution in [0.5, 0.6) is 0 Å². The topological polar surface area (TPSA) is 46.9 Å². The fourth-order valence-electron chi connectivity index (χ4n) is 5.75. The summed E-state index contributed by atoms with van der Waals surface area (Å²) >= 11 is 0. The summed E-state index contributed by atoms with van der Waals surface area (Å²) < 4.78 is 6.33. The Balaban J connectivity index is 1.61. The first-order valence-corrected chi connectivity index (χ1v) is 11.5. The maximum absolute atomic E-state index is 13.7. The van der Waals surface area contributed by atoms with Gasteiger partial charge in [0.15, 0.2) is 11.3 Å². The minimum absolute atomic E-state index is 0.0285. The van der Waals surface area contributed by atoms with Gasteiger partial charge in [0.05, 0.1) is 19.6 Å². The quantitative estimate of drug-likeness (QED) is 0.471. The molecule has 2 aromatic heterocycles. The van der Waals surface area contributed by atoms with Crippen molar-refractivity contribution in [2.75, 3.05) is 11.9 Å². The molecule has 0 N–H and O–H groups in total. The molecule has 162 valence electrons. The van der Waals surface area contributed by atoms with E-state index < -0.39 is 0 Å². The van der Waals surface area contributed by atoms with Crippen molar-refractivity contribution in [1.82, 2.24) is 14.1 Å². The molecule has 2 aromatic carbocycles. The van der Waals surface area contributed by atoms with Gasteiger partial charge in [0.1, 0.15) is 6.04 Å². The summed E-state index contributed by atoms with van der Waals surface area (Å²) in [4.78, 5) is 21.1. The van der Waals surface area contributed by atoms with Crippen LogP contribution >= 0.6 is 0 Å². The summed E-state index contributed by atoms with van der Waals surface area (Å²) in [5.74, 6) is 1.92. The molecular weight excluding hydrogens is 398 g/mol. The number of benzene rings is 2. The number of nitrogens with zero attached hydrogens (tertiary/aromatic N) is 5. The van der Waals surface area contributed by atoms with Gasteiger partial charge in [0, 0.05) is 13.5 Å². The van der Waals surface area contributed by atoms with Crippen LogP contribution in [0, 0.1) is 0 Å². The molecule has 3 heterocycles. The van der Waals surface area contributed by atoms with Gasteiger partial charge in [0.2, 0.25) is 0 Å². The second-order valence-electron chi connectivity index (χ2n) is 9.15. The summed E-state index contributed by atoms with van der Waals surface area (Å²) in [7, 11) is 4.03. The Morgan fingerprint density at radius 2 is 1.66 bits per heavy atom. The minimum Gasteiger partial charge on any atom is -0.304 e. The average molecular weight is 427 g/mol. The number of hydrogen-bond acceptors (Lipinski definition) is 3. The van der Waals surface area contributed by atoms with Crippen LogP contribution in [0.1, 0.15) is 42.3 Å². The largest absolute Gasteiger partial charge is 0.325 e. The second kappa shape index (κ2) is 7.33. The molecule has 2 atom stereocenters. The molecule has 6 rings (SSSR count). The number of aromatic nitrogens is 4. The molecule has 0 amide bonds. The number of likely N-dealkylation sites (N-methyl/N-ethyl adjacent to an activating group) is 1. The zero-order chi connectivity index (χ0) is 21.8. The molecule has 6 heteroatoms. The first-order chi connectivity index (χ1) is 15.6. The number of fused-ring (bicyclic) bond motifs is 5. The predicted octanol–water partition coefficient (Wildman–Crippen LogP) is 3.21. The summed E-state index contributed by atoms with van der Waals surface area (Å²) in [5.41, 5.74) is 3.95. The lowest BCUT2D eigenvalue weighted by atomic mass is 10.1. The van der Waals surface area contributed by atoms with E-state index in [1.165, 1.54) is 24.0 Å². The fourth-order valence-corrected chi connectivity index (χ4v) is 5.75. The van der Waals surface area contributed by atoms with Gasteiger partial charge in [-0.1, -0.05) is 60.7 Å². The van der Waals surface area contributed by atoms with E-state index in [2.05, 4.69) is 57.5 Å². The van der Waals surface area contributed by atoms with Crippen molar-refractivity contribution in [3.63, 3.8) is 0 Å². The number of anilines is 1. The Bertz CT molecular complexity index is 1360. The zero-order valence-electron chi connectivity index (χ0n) is 18.6. The van der Waals surface area contributed by atoms with E-state index in [9.17, 15) is 4.79 Å². The van der Waals surface area contributed by atoms with Gasteiger partial charge in [0.25, 0.3) is 5.65 Å². The van der Waals surface area contributed by atoms with Crippen LogP contribution in [0.4, 0.5) is 5.95 Å². The van der Waals surface area contributed by atoms with Crippen LogP contribution in [-0.4, -0.2) is 27.2 Å². The minimum atomic E-state index is 0.0285. The van der Waals surface area contributed by atoms with Crippen molar-refractivity contribution < 1.29 is 4.57 Å². The molecule has 2 aliphatic rings. The van der Waals surface area contributed by atoms with E-state index in [1.807, 2.05) is 35.9 Å². The van der Waals surface area contributed by atoms with Crippen molar-refractivity contribution in [1.29, 1.82) is 0 Å². The van der Waals surface area contributed by atoms with E-state index in [0.29, 0.717) is 30.6 Å². The van der Waals surface area contributed by atoms with E-state index in [0.717, 1.165) is 23.8 Å². The van der Waals surface area contributed by atoms with Crippen LogP contribution in [0.2, 0.25) is 0 Å². The molecule has 1 saturated carbocycles. The lowest BCUT2D eigenvalue weighted by molar-refractivity contribution is -0.678. The van der Waals surface area contributed by atoms with Gasteiger partial charge in [-0.15, -0.1) is 4.98 Å². The molecule has 1 aliphatic heterocycles. The maximum Gasteiger partial charge on any atom is 0.325 e. The van der Waals surface area contributed by atoms with Gasteiger partial charge in [-0.2, -0.15) is 0 Å². The van der Waals surface area contributed by atoms with E-state index in [4.69, 9.17) is 4.98 Å². The Kier molecular flexibility index (Phi) is 4.42. The normalized spacial score (nSPS) is 19.5. The third-order valence-corrected chi connectivity index (χ3v) is 7.26. The Morgan fingerprint density at radius 3 is 2.38 bits per heavy atom. The van der Waals surface area contributed by atoms with E-state index in [1.54, 1.807) is 0 Å². The van der Waals surface area contributed by atoms with Crippen molar-refractivity contribution in [2.24, 2.45) is 7.05 Å². The molecule has 0 spiro atoms. The second-order valence-corrected chi connectivity index (χ2v) is 9.15. The summed E-state index contributed by atoms with van der Waals surface area (Å²) in [6.45, 7) is 0.637. The molecular formula is C26H28N5O+. The highest BCUT2D eigenvalue weighted by Crippen LogP contribution is 2.38. The third-order valence-electron chi connectivity index (χ3n) is 7.26. The standard InChI is InChI=1S/C26H28N5O/c1-28-20-14-9-15-21(20)31-24-23(25(32)29(2)26(28)31)30(17-19-12-7-4-8-13-19)22(27-24)16-18-10-5-3-6-11-18/h3-8,10-13,20-21H,9,14-17H2,1-2H3/q+1. The molecule has 1 aliphatic carbocycles. The molecule has 1 fully saturated rings. The SMILES string of the molecule is CN1c2n(C)c(=O)c3c(nc(Cc4ccccc4)n3Cc3ccccc3)[n+]2C2CCCC21. The number of rotatable bonds is 4. The maximum atomic E-state index is 13.7. The predicted molar refractivity (Wildman–Crippen MR) is 125 cm³/mol. The highest BCUT2D eigenvalue weighted by molar-refractivity contribution is 5.69. The van der Waals surface area contributed by atoms with Gasteiger partial charge in [-0.3, -0.25) is 9.69 Å². The molecule has 6 nitrogen and oxygen atoms in total. The molecule has 4 aromatic rings. The van der Waals surface area contributed by atoms with Crippen molar-refractivity contribution in [2.45, 2.75) is 44.3 Å². The van der Waals surface area contributed by atoms with Gasteiger partial charge < -0.3 is 4.57 Å². The first-order valence-electron chi connectivity index (χ1n) is 11.5. The Morgan fingerprint density at radius 1 is 0.969 bits per heavy atom. The van der Waals surface area contributed by atoms with Gasteiger partial charge in [-0.25, -0.2) is 9.13 Å². The van der Waals surface area contributed by atoms with Crippen LogP contribution in [0.3, 0.4) is 0 Å². The average Bonchev–Trinajstić information content (AvgIpc) is 3.49. The monoisotopic (exact) mass is 426 g/mol. The van der Waals surface area contributed by atoms with Crippen LogP contribution in [-0.2, 0) is 20.0 Å². The number of imidazole rings is 1. The fraction of sp³-hybridized carbons (Fsp3) is 0.346. The number of hydrogen-bond donors (Lipinski definition) is 0. The highest BCUT2D eigenvalue weighted by Gasteiger charge is 2.48. The van der Waals surface area contributed by atoms with Crippen molar-refractivity contribution in [3.8, 4) is 0 Å². The molecule has 0 saturated heterocycles. The third kappa shape index (κ3) is 2.82.